The van der Waals surface area contributed by atoms with Gasteiger partial charge in [0, 0.05) is 11.4 Å². The van der Waals surface area contributed by atoms with Crippen molar-refractivity contribution in [3.8, 4) is 5.75 Å². The Morgan fingerprint density at radius 1 is 1.16 bits per heavy atom. The van der Waals surface area contributed by atoms with Crippen LogP contribution in [0.1, 0.15) is 31.2 Å². The van der Waals surface area contributed by atoms with E-state index in [1.165, 1.54) is 38.9 Å². The van der Waals surface area contributed by atoms with Crippen molar-refractivity contribution in [2.75, 3.05) is 26.2 Å². The highest BCUT2D eigenvalue weighted by Crippen LogP contribution is 2.31. The average Bonchev–Trinajstić information content (AvgIpc) is 2.38. The van der Waals surface area contributed by atoms with Crippen LogP contribution in [0.25, 0.3) is 0 Å². The van der Waals surface area contributed by atoms with E-state index in [9.17, 15) is 0 Å². The molecule has 2 rings (SSSR count). The molecule has 1 aromatic rings. The second kappa shape index (κ2) is 7.37. The number of hydrogen-bond donors (Lipinski definition) is 1. The van der Waals surface area contributed by atoms with Gasteiger partial charge in [0.1, 0.15) is 5.75 Å². The summed E-state index contributed by atoms with van der Waals surface area (Å²) in [6, 6.07) is 3.62. The molecule has 0 saturated carbocycles. The van der Waals surface area contributed by atoms with Crippen LogP contribution < -0.4 is 9.64 Å². The van der Waals surface area contributed by atoms with Gasteiger partial charge in [0.05, 0.1) is 31.3 Å². The summed E-state index contributed by atoms with van der Waals surface area (Å²) < 4.78 is 5.81. The summed E-state index contributed by atoms with van der Waals surface area (Å²) in [7, 11) is 0. The number of benzene rings is 1. The van der Waals surface area contributed by atoms with Crippen molar-refractivity contribution in [3.63, 3.8) is 0 Å². The van der Waals surface area contributed by atoms with Crippen LogP contribution in [0.5, 0.6) is 5.75 Å². The molecule has 4 heteroatoms. The van der Waals surface area contributed by atoms with E-state index in [4.69, 9.17) is 27.9 Å². The van der Waals surface area contributed by atoms with Crippen LogP contribution in [0.4, 0.5) is 0 Å². The van der Waals surface area contributed by atoms with E-state index in [0.717, 1.165) is 24.3 Å². The van der Waals surface area contributed by atoms with E-state index in [1.54, 1.807) is 11.0 Å². The van der Waals surface area contributed by atoms with Gasteiger partial charge in [-0.15, -0.1) is 0 Å². The Balaban J connectivity index is 1.76. The van der Waals surface area contributed by atoms with Crippen molar-refractivity contribution in [2.24, 2.45) is 0 Å². The molecule has 2 nitrogen and oxygen atoms in total. The summed E-state index contributed by atoms with van der Waals surface area (Å²) in [6.07, 6.45) is 5.23. The Morgan fingerprint density at radius 2 is 1.89 bits per heavy atom. The molecular weight excluding hydrogens is 281 g/mol. The lowest BCUT2D eigenvalue weighted by atomic mass is 10.1. The molecule has 1 N–H and O–H groups in total. The topological polar surface area (TPSA) is 13.7 Å². The highest BCUT2D eigenvalue weighted by molar-refractivity contribution is 6.35. The van der Waals surface area contributed by atoms with Crippen LogP contribution in [-0.4, -0.2) is 26.2 Å². The van der Waals surface area contributed by atoms with Crippen LogP contribution in [0, 0.1) is 6.92 Å². The van der Waals surface area contributed by atoms with Gasteiger partial charge >= 0.3 is 0 Å². The van der Waals surface area contributed by atoms with E-state index < -0.39 is 0 Å². The molecule has 1 aliphatic heterocycles. The molecule has 1 aliphatic rings. The van der Waals surface area contributed by atoms with Gasteiger partial charge in [-0.05, 0) is 43.9 Å². The van der Waals surface area contributed by atoms with Crippen LogP contribution in [0.3, 0.4) is 0 Å². The number of hydrogen-bond acceptors (Lipinski definition) is 1. The number of piperidine rings is 1. The molecule has 1 aromatic carbocycles. The molecule has 0 unspecified atom stereocenters. The molecule has 0 amide bonds. The Bertz CT molecular complexity index is 394. The van der Waals surface area contributed by atoms with Gasteiger partial charge in [0.2, 0.25) is 0 Å². The van der Waals surface area contributed by atoms with Crippen molar-refractivity contribution in [1.29, 1.82) is 0 Å². The molecule has 1 saturated heterocycles. The predicted molar refractivity (Wildman–Crippen MR) is 80.7 cm³/mol. The quantitative estimate of drug-likeness (QED) is 0.825. The standard InChI is InChI=1S/C15H21Cl2NO/c1-12-10-13(16)11-14(17)15(12)19-9-5-8-18-6-3-2-4-7-18/h10-11H,2-9H2,1H3/p+1. The first-order valence-electron chi connectivity index (χ1n) is 7.09. The summed E-state index contributed by atoms with van der Waals surface area (Å²) >= 11 is 12.1. The SMILES string of the molecule is Cc1cc(Cl)cc(Cl)c1OCCC[NH+]1CCCCC1. The van der Waals surface area contributed by atoms with Gasteiger partial charge < -0.3 is 9.64 Å². The fourth-order valence-corrected chi connectivity index (χ4v) is 3.32. The van der Waals surface area contributed by atoms with Crippen LogP contribution in [-0.2, 0) is 0 Å². The summed E-state index contributed by atoms with van der Waals surface area (Å²) in [5.74, 6) is 0.778. The maximum Gasteiger partial charge on any atom is 0.140 e. The Kier molecular flexibility index (Phi) is 5.80. The van der Waals surface area contributed by atoms with Crippen LogP contribution in [0.2, 0.25) is 10.0 Å². The van der Waals surface area contributed by atoms with Crippen molar-refractivity contribution < 1.29 is 9.64 Å². The monoisotopic (exact) mass is 302 g/mol. The smallest absolute Gasteiger partial charge is 0.140 e. The third-order valence-corrected chi connectivity index (χ3v) is 4.17. The van der Waals surface area contributed by atoms with Crippen molar-refractivity contribution in [2.45, 2.75) is 32.6 Å². The zero-order valence-electron chi connectivity index (χ0n) is 11.5. The third-order valence-electron chi connectivity index (χ3n) is 3.68. The minimum atomic E-state index is 0.607. The summed E-state index contributed by atoms with van der Waals surface area (Å²) in [4.78, 5) is 1.72. The summed E-state index contributed by atoms with van der Waals surface area (Å²) in [5, 5.41) is 1.27. The Hall–Kier alpha value is -0.440. The van der Waals surface area contributed by atoms with E-state index in [0.29, 0.717) is 10.0 Å². The zero-order valence-corrected chi connectivity index (χ0v) is 13.0. The molecule has 0 bridgehead atoms. The van der Waals surface area contributed by atoms with E-state index >= 15 is 0 Å². The minimum Gasteiger partial charge on any atom is -0.492 e. The third kappa shape index (κ3) is 4.55. The molecule has 0 aliphatic carbocycles. The number of quaternary nitrogens is 1. The zero-order chi connectivity index (χ0) is 13.7. The van der Waals surface area contributed by atoms with E-state index in [-0.39, 0.29) is 0 Å². The van der Waals surface area contributed by atoms with E-state index in [2.05, 4.69) is 0 Å². The normalized spacial score (nSPS) is 16.6. The second-order valence-corrected chi connectivity index (χ2v) is 6.14. The predicted octanol–water partition coefficient (Wildman–Crippen LogP) is 3.14. The average molecular weight is 303 g/mol. The molecule has 0 aromatic heterocycles. The number of halogens is 2. The lowest BCUT2D eigenvalue weighted by Gasteiger charge is -2.23. The minimum absolute atomic E-state index is 0.607. The molecular formula is C15H22Cl2NO+. The van der Waals surface area contributed by atoms with Gasteiger partial charge in [-0.2, -0.15) is 0 Å². The molecule has 0 radical (unpaired) electrons. The molecule has 1 fully saturated rings. The number of ether oxygens (including phenoxy) is 1. The summed E-state index contributed by atoms with van der Waals surface area (Å²) in [5.41, 5.74) is 1.00. The second-order valence-electron chi connectivity index (χ2n) is 5.30. The van der Waals surface area contributed by atoms with Gasteiger partial charge in [0.25, 0.3) is 0 Å². The first kappa shape index (κ1) is 15.0. The number of aryl methyl sites for hydroxylation is 1. The molecule has 0 spiro atoms. The lowest BCUT2D eigenvalue weighted by molar-refractivity contribution is -0.905. The summed E-state index contributed by atoms with van der Waals surface area (Å²) in [6.45, 7) is 6.54. The Labute approximate surface area is 125 Å². The van der Waals surface area contributed by atoms with Crippen molar-refractivity contribution in [1.82, 2.24) is 0 Å². The first-order chi connectivity index (χ1) is 9.16. The number of nitrogens with one attached hydrogen (secondary N) is 1. The maximum absolute atomic E-state index is 6.15. The number of likely N-dealkylation sites (tertiary alicyclic amines) is 1. The lowest BCUT2D eigenvalue weighted by Crippen LogP contribution is -3.12. The van der Waals surface area contributed by atoms with Crippen molar-refractivity contribution >= 4 is 23.2 Å². The molecule has 1 heterocycles. The van der Waals surface area contributed by atoms with E-state index in [1.807, 2.05) is 13.0 Å². The fraction of sp³-hybridized carbons (Fsp3) is 0.600. The van der Waals surface area contributed by atoms with Gasteiger partial charge in [-0.1, -0.05) is 23.2 Å². The molecule has 106 valence electrons. The van der Waals surface area contributed by atoms with Crippen LogP contribution >= 0.6 is 23.2 Å². The fourth-order valence-electron chi connectivity index (χ4n) is 2.67. The van der Waals surface area contributed by atoms with Crippen LogP contribution in [0.15, 0.2) is 12.1 Å². The Morgan fingerprint density at radius 3 is 2.58 bits per heavy atom. The highest BCUT2D eigenvalue weighted by Gasteiger charge is 2.13. The largest absolute Gasteiger partial charge is 0.492 e. The van der Waals surface area contributed by atoms with Crippen molar-refractivity contribution in [3.05, 3.63) is 27.7 Å². The van der Waals surface area contributed by atoms with Gasteiger partial charge in [-0.25, -0.2) is 0 Å². The highest BCUT2D eigenvalue weighted by atomic mass is 35.5. The maximum atomic E-state index is 6.15. The number of rotatable bonds is 5. The van der Waals surface area contributed by atoms with Gasteiger partial charge in [0.15, 0.2) is 0 Å². The van der Waals surface area contributed by atoms with Gasteiger partial charge in [-0.3, -0.25) is 0 Å². The molecule has 0 atom stereocenters. The first-order valence-corrected chi connectivity index (χ1v) is 7.84. The molecule has 19 heavy (non-hydrogen) atoms.